The molecule has 0 bridgehead atoms. The third-order valence-electron chi connectivity index (χ3n) is 2.94. The molecule has 0 aliphatic carbocycles. The molecule has 0 spiro atoms. The van der Waals surface area contributed by atoms with Crippen LogP contribution in [0, 0.1) is 0 Å². The van der Waals surface area contributed by atoms with E-state index in [2.05, 4.69) is 0 Å². The van der Waals surface area contributed by atoms with Gasteiger partial charge in [-0.1, -0.05) is 17.3 Å². The van der Waals surface area contributed by atoms with Crippen molar-refractivity contribution in [2.24, 2.45) is 0 Å². The average Bonchev–Trinajstić information content (AvgIpc) is 2.76. The molecular weight excluding hydrogens is 533 g/mol. The van der Waals surface area contributed by atoms with Crippen LogP contribution in [0.3, 0.4) is 0 Å². The van der Waals surface area contributed by atoms with Crippen molar-refractivity contribution < 1.29 is 128 Å². The SMILES string of the molecule is O=C1N(C(=S)[S-])C2C(N1C(=S)[S-])N(C(=S)[S-])C(=O)N2C(=S)[S-].[Na+].[Na+].[Na+].[Na+]. The van der Waals surface area contributed by atoms with Gasteiger partial charge in [0.15, 0.2) is 12.3 Å². The summed E-state index contributed by atoms with van der Waals surface area (Å²) in [6.07, 6.45) is -2.01. The summed E-state index contributed by atoms with van der Waals surface area (Å²) in [6.45, 7) is 0. The summed E-state index contributed by atoms with van der Waals surface area (Å²) < 4.78 is -0.797. The van der Waals surface area contributed by atoms with Gasteiger partial charge in [0.2, 0.25) is 0 Å². The summed E-state index contributed by atoms with van der Waals surface area (Å²) in [5.41, 5.74) is 0. The predicted octanol–water partition coefficient (Wildman–Crippen LogP) is -11.5. The number of urea groups is 2. The van der Waals surface area contributed by atoms with Gasteiger partial charge in [-0.2, -0.15) is 0 Å². The molecule has 0 atom stereocenters. The molecule has 2 fully saturated rings. The van der Waals surface area contributed by atoms with E-state index in [1.807, 2.05) is 0 Å². The van der Waals surface area contributed by atoms with E-state index in [-0.39, 0.29) is 136 Å². The van der Waals surface area contributed by atoms with Crippen LogP contribution in [0.15, 0.2) is 0 Å². The summed E-state index contributed by atoms with van der Waals surface area (Å²) in [7, 11) is 0. The molecule has 18 heteroatoms. The number of amides is 4. The molecule has 2 saturated heterocycles. The fourth-order valence-corrected chi connectivity index (χ4v) is 3.68. The second-order valence-electron chi connectivity index (χ2n) is 3.94. The molecule has 0 aromatic heterocycles. The monoisotopic (exact) mass is 534 g/mol. The Balaban J connectivity index is -0.00000132. The van der Waals surface area contributed by atoms with Crippen molar-refractivity contribution in [1.82, 2.24) is 19.6 Å². The molecule has 0 unspecified atom stereocenters. The molecule has 4 amide bonds. The van der Waals surface area contributed by atoms with Gasteiger partial charge in [0.05, 0.1) is 0 Å². The van der Waals surface area contributed by atoms with Crippen LogP contribution < -0.4 is 118 Å². The average molecular weight is 535 g/mol. The molecule has 0 aromatic rings. The predicted molar refractivity (Wildman–Crippen MR) is 106 cm³/mol. The van der Waals surface area contributed by atoms with Crippen LogP contribution in [0.2, 0.25) is 0 Å². The van der Waals surface area contributed by atoms with Gasteiger partial charge in [0.1, 0.15) is 0 Å². The normalized spacial score (nSPS) is 20.2. The first-order valence-corrected chi connectivity index (χ1v) is 8.46. The molecule has 2 rings (SSSR count). The van der Waals surface area contributed by atoms with Gasteiger partial charge in [-0.05, 0) is 0 Å². The number of carbonyl (C=O) groups is 2. The maximum atomic E-state index is 12.5. The molecule has 118 valence electrons. The Morgan fingerprint density at radius 1 is 0.577 bits per heavy atom. The number of nitrogens with zero attached hydrogens (tertiary/aromatic N) is 4. The van der Waals surface area contributed by atoms with Gasteiger partial charge in [0, 0.05) is 0 Å². The zero-order valence-corrected chi connectivity index (χ0v) is 28.6. The van der Waals surface area contributed by atoms with Gasteiger partial charge < -0.3 is 99.4 Å². The molecule has 2 aliphatic rings. The number of carbonyl (C=O) groups excluding carboxylic acids is 2. The Hall–Kier alpha value is 3.78. The van der Waals surface area contributed by atoms with Crippen molar-refractivity contribution in [3.8, 4) is 0 Å². The summed E-state index contributed by atoms with van der Waals surface area (Å²) in [4.78, 5) is 28.9. The van der Waals surface area contributed by atoms with Gasteiger partial charge in [0.25, 0.3) is 0 Å². The minimum Gasteiger partial charge on any atom is -0.411 e. The standard InChI is InChI=1S/C8H6N4O2S8.4Na/c13-3-9(5(15)16)1-2(11(3)7(19)20)12(8(21)22)4(14)10(1)6(17)18;;;;/h1-2H,(H,15,16)(H,17,18)(H,19,20)(H,21,22);;;;/q;4*+1/p-4. The number of hydrogen-bond donors (Lipinski definition) is 0. The molecule has 6 nitrogen and oxygen atoms in total. The number of fused-ring (bicyclic) bond motifs is 1. The minimum atomic E-state index is -1.00. The van der Waals surface area contributed by atoms with E-state index < -0.39 is 24.4 Å². The second kappa shape index (κ2) is 14.0. The van der Waals surface area contributed by atoms with E-state index in [0.717, 1.165) is 19.6 Å². The molecule has 0 aromatic carbocycles. The van der Waals surface area contributed by atoms with Crippen LogP contribution in [-0.4, -0.2) is 61.3 Å². The van der Waals surface area contributed by atoms with Gasteiger partial charge >= 0.3 is 130 Å². The zero-order valence-electron chi connectivity index (χ0n) is 14.0. The van der Waals surface area contributed by atoms with E-state index in [4.69, 9.17) is 99.4 Å². The van der Waals surface area contributed by atoms with Crippen LogP contribution in [0.5, 0.6) is 0 Å². The van der Waals surface area contributed by atoms with Gasteiger partial charge in [-0.15, -0.1) is 0 Å². The van der Waals surface area contributed by atoms with Gasteiger partial charge in [-0.25, -0.2) is 9.59 Å². The number of rotatable bonds is 0. The molecule has 0 N–H and O–H groups in total. The summed E-state index contributed by atoms with van der Waals surface area (Å²) in [5, 5.41) is 0. The van der Waals surface area contributed by atoms with E-state index in [0.29, 0.717) is 0 Å². The zero-order chi connectivity index (χ0) is 16.9. The third kappa shape index (κ3) is 6.40. The van der Waals surface area contributed by atoms with Crippen molar-refractivity contribution in [3.63, 3.8) is 0 Å². The summed E-state index contributed by atoms with van der Waals surface area (Å²) in [5.74, 6) is 0. The van der Waals surface area contributed by atoms with Crippen molar-refractivity contribution in [2.45, 2.75) is 12.3 Å². The first-order chi connectivity index (χ1) is 10.1. The minimum absolute atomic E-state index is 0. The van der Waals surface area contributed by atoms with Crippen LogP contribution in [0.1, 0.15) is 0 Å². The van der Waals surface area contributed by atoms with Crippen LogP contribution in [-0.2, 0) is 50.5 Å². The van der Waals surface area contributed by atoms with Crippen LogP contribution in [0.4, 0.5) is 9.59 Å². The summed E-state index contributed by atoms with van der Waals surface area (Å²) in [6, 6.07) is -1.34. The first-order valence-electron chi connectivity index (χ1n) is 5.20. The van der Waals surface area contributed by atoms with Crippen molar-refractivity contribution in [1.29, 1.82) is 0 Å². The number of hydrogen-bond acceptors (Lipinski definition) is 10. The molecule has 2 heterocycles. The maximum Gasteiger partial charge on any atom is 1.00 e. The second-order valence-corrected chi connectivity index (χ2v) is 8.06. The van der Waals surface area contributed by atoms with Crippen LogP contribution >= 0.6 is 48.9 Å². The molecule has 0 radical (unpaired) electrons. The number of thiocarbonyl (C=S) groups is 4. The topological polar surface area (TPSA) is 47.1 Å². The van der Waals surface area contributed by atoms with Gasteiger partial charge in [-0.3, -0.25) is 19.6 Å². The molecule has 2 aliphatic heterocycles. The first kappa shape index (κ1) is 34.4. The fourth-order valence-electron chi connectivity index (χ4n) is 2.19. The smallest absolute Gasteiger partial charge is 0.411 e. The summed E-state index contributed by atoms with van der Waals surface area (Å²) >= 11 is 39.2. The maximum absolute atomic E-state index is 12.5. The Bertz CT molecular complexity index is 552. The van der Waals surface area contributed by atoms with Crippen molar-refractivity contribution in [2.75, 3.05) is 0 Å². The largest absolute Gasteiger partial charge is 1.00 e. The Morgan fingerprint density at radius 3 is 0.846 bits per heavy atom. The van der Waals surface area contributed by atoms with Crippen molar-refractivity contribution >= 4 is 129 Å². The Morgan fingerprint density at radius 2 is 0.731 bits per heavy atom. The molecular formula is C8H2N4Na4O2S8. The van der Waals surface area contributed by atoms with Crippen LogP contribution in [0.25, 0.3) is 0 Å². The van der Waals surface area contributed by atoms with E-state index >= 15 is 0 Å². The quantitative estimate of drug-likeness (QED) is 0.170. The van der Waals surface area contributed by atoms with Crippen molar-refractivity contribution in [3.05, 3.63) is 0 Å². The Labute approximate surface area is 282 Å². The third-order valence-corrected chi connectivity index (χ3v) is 4.51. The Kier molecular flexibility index (Phi) is 18.6. The fraction of sp³-hybridized carbons (Fsp3) is 0.250. The van der Waals surface area contributed by atoms with E-state index in [9.17, 15) is 9.59 Å². The van der Waals surface area contributed by atoms with E-state index in [1.165, 1.54) is 0 Å². The van der Waals surface area contributed by atoms with E-state index in [1.54, 1.807) is 0 Å². The molecule has 0 saturated carbocycles. The molecule has 26 heavy (non-hydrogen) atoms.